The molecule has 1 aromatic heterocycles. The summed E-state index contributed by atoms with van der Waals surface area (Å²) < 4.78 is 36.7. The molecule has 0 saturated carbocycles. The first-order valence-electron chi connectivity index (χ1n) is 13.9. The number of urea groups is 1. The van der Waals surface area contributed by atoms with Crippen LogP contribution in [-0.4, -0.2) is 73.9 Å². The van der Waals surface area contributed by atoms with Gasteiger partial charge in [-0.1, -0.05) is 23.7 Å². The van der Waals surface area contributed by atoms with Gasteiger partial charge in [-0.25, -0.2) is 18.2 Å². The standard InChI is InChI=1S/C29H33ClN6O6S/c1-18(2)43(39,40)25-7-5-4-6-23(25)32-26-21(30)17-31-28(34-26)33-22-9-8-20(16-24(22)41-3)35-12-13-36(29(35)38)27(37)19-10-14-42-15-11-19/h4-9,16-19H,10-15H2,1-3H3,(H2,31,32,33,34). The van der Waals surface area contributed by atoms with Gasteiger partial charge in [0.05, 0.1) is 34.8 Å². The van der Waals surface area contributed by atoms with Crippen molar-refractivity contribution in [2.75, 3.05) is 48.9 Å². The fraction of sp³-hybridized carbons (Fsp3) is 0.379. The fourth-order valence-electron chi connectivity index (χ4n) is 4.93. The van der Waals surface area contributed by atoms with Gasteiger partial charge in [0.25, 0.3) is 0 Å². The topological polar surface area (TPSA) is 143 Å². The molecule has 2 N–H and O–H groups in total. The van der Waals surface area contributed by atoms with E-state index in [-0.39, 0.29) is 39.5 Å². The molecule has 0 spiro atoms. The van der Waals surface area contributed by atoms with E-state index in [1.54, 1.807) is 55.1 Å². The van der Waals surface area contributed by atoms with Crippen molar-refractivity contribution in [2.45, 2.75) is 36.8 Å². The summed E-state index contributed by atoms with van der Waals surface area (Å²) in [4.78, 5) is 37.8. The largest absolute Gasteiger partial charge is 0.494 e. The summed E-state index contributed by atoms with van der Waals surface area (Å²) >= 11 is 6.37. The predicted molar refractivity (Wildman–Crippen MR) is 163 cm³/mol. The average Bonchev–Trinajstić information content (AvgIpc) is 3.40. The Morgan fingerprint density at radius 1 is 1.09 bits per heavy atom. The minimum atomic E-state index is -3.57. The number of benzene rings is 2. The number of carbonyl (C=O) groups excluding carboxylic acids is 2. The van der Waals surface area contributed by atoms with Gasteiger partial charge < -0.3 is 20.1 Å². The second-order valence-electron chi connectivity index (χ2n) is 10.4. The molecule has 0 aliphatic carbocycles. The van der Waals surface area contributed by atoms with E-state index in [0.29, 0.717) is 62.0 Å². The van der Waals surface area contributed by atoms with Gasteiger partial charge in [-0.15, -0.1) is 0 Å². The van der Waals surface area contributed by atoms with E-state index in [2.05, 4.69) is 20.6 Å². The summed E-state index contributed by atoms with van der Waals surface area (Å²) in [5.74, 6) is 0.437. The number of amides is 3. The number of para-hydroxylation sites is 1. The number of ether oxygens (including phenoxy) is 2. The zero-order chi connectivity index (χ0) is 30.7. The normalized spacial score (nSPS) is 16.1. The van der Waals surface area contributed by atoms with E-state index >= 15 is 0 Å². The van der Waals surface area contributed by atoms with Crippen molar-refractivity contribution >= 4 is 62.2 Å². The number of nitrogens with zero attached hydrogens (tertiary/aromatic N) is 4. The van der Waals surface area contributed by atoms with E-state index < -0.39 is 15.1 Å². The minimum Gasteiger partial charge on any atom is -0.494 e. The number of carbonyl (C=O) groups is 2. The average molecular weight is 629 g/mol. The lowest BCUT2D eigenvalue weighted by Gasteiger charge is -2.25. The third kappa shape index (κ3) is 6.38. The van der Waals surface area contributed by atoms with Crippen LogP contribution in [-0.2, 0) is 19.4 Å². The number of nitrogens with one attached hydrogen (secondary N) is 2. The van der Waals surface area contributed by atoms with Crippen LogP contribution in [0, 0.1) is 5.92 Å². The molecule has 3 aromatic rings. The van der Waals surface area contributed by atoms with Gasteiger partial charge >= 0.3 is 6.03 Å². The van der Waals surface area contributed by atoms with Crippen molar-refractivity contribution < 1.29 is 27.5 Å². The number of anilines is 5. The van der Waals surface area contributed by atoms with Crippen molar-refractivity contribution in [3.63, 3.8) is 0 Å². The molecule has 0 unspecified atom stereocenters. The summed E-state index contributed by atoms with van der Waals surface area (Å²) in [5.41, 5.74) is 1.44. The highest BCUT2D eigenvalue weighted by Crippen LogP contribution is 2.35. The molecule has 0 bridgehead atoms. The van der Waals surface area contributed by atoms with Crippen LogP contribution in [0.3, 0.4) is 0 Å². The van der Waals surface area contributed by atoms with Crippen molar-refractivity contribution in [3.05, 3.63) is 53.7 Å². The van der Waals surface area contributed by atoms with Crippen LogP contribution < -0.4 is 20.3 Å². The van der Waals surface area contributed by atoms with E-state index in [0.717, 1.165) is 0 Å². The van der Waals surface area contributed by atoms with Gasteiger partial charge in [-0.2, -0.15) is 4.98 Å². The molecular weight excluding hydrogens is 596 g/mol. The van der Waals surface area contributed by atoms with E-state index in [1.807, 2.05) is 0 Å². The first kappa shape index (κ1) is 30.5. The zero-order valence-corrected chi connectivity index (χ0v) is 25.6. The molecule has 12 nitrogen and oxygen atoms in total. The number of aromatic nitrogens is 2. The lowest BCUT2D eigenvalue weighted by Crippen LogP contribution is -2.41. The number of hydrogen-bond acceptors (Lipinski definition) is 10. The minimum absolute atomic E-state index is 0.135. The molecule has 0 radical (unpaired) electrons. The smallest absolute Gasteiger partial charge is 0.331 e. The molecule has 2 fully saturated rings. The Morgan fingerprint density at radius 2 is 1.84 bits per heavy atom. The molecule has 2 aliphatic heterocycles. The van der Waals surface area contributed by atoms with Crippen LogP contribution >= 0.6 is 11.6 Å². The molecule has 2 aliphatic rings. The SMILES string of the molecule is COc1cc(N2CCN(C(=O)C3CCOCC3)C2=O)ccc1Nc1ncc(Cl)c(Nc2ccccc2S(=O)(=O)C(C)C)n1. The molecular formula is C29H33ClN6O6S. The predicted octanol–water partition coefficient (Wildman–Crippen LogP) is 5.00. The molecule has 0 atom stereocenters. The maximum atomic E-state index is 13.2. The summed E-state index contributed by atoms with van der Waals surface area (Å²) in [6.45, 7) is 4.96. The lowest BCUT2D eigenvalue weighted by molar-refractivity contribution is -0.134. The Hall–Kier alpha value is -3.94. The molecule has 3 amide bonds. The van der Waals surface area contributed by atoms with Gasteiger partial charge in [-0.05, 0) is 51.0 Å². The highest BCUT2D eigenvalue weighted by Gasteiger charge is 2.38. The Kier molecular flexibility index (Phi) is 9.04. The Morgan fingerprint density at radius 3 is 2.56 bits per heavy atom. The Bertz CT molecular complexity index is 1630. The number of methoxy groups -OCH3 is 1. The number of hydrogen-bond donors (Lipinski definition) is 2. The molecule has 14 heteroatoms. The number of imide groups is 1. The molecule has 3 heterocycles. The van der Waals surface area contributed by atoms with E-state index in [9.17, 15) is 18.0 Å². The van der Waals surface area contributed by atoms with Gasteiger partial charge in [0, 0.05) is 44.0 Å². The highest BCUT2D eigenvalue weighted by atomic mass is 35.5. The van der Waals surface area contributed by atoms with Crippen molar-refractivity contribution in [1.29, 1.82) is 0 Å². The molecule has 2 aromatic carbocycles. The number of halogens is 1. The summed E-state index contributed by atoms with van der Waals surface area (Å²) in [5, 5.41) is 5.70. The van der Waals surface area contributed by atoms with Crippen molar-refractivity contribution in [1.82, 2.24) is 14.9 Å². The van der Waals surface area contributed by atoms with Crippen LogP contribution in [0.4, 0.5) is 33.6 Å². The van der Waals surface area contributed by atoms with Crippen molar-refractivity contribution in [3.8, 4) is 5.75 Å². The fourth-order valence-corrected chi connectivity index (χ4v) is 6.27. The second kappa shape index (κ2) is 12.7. The van der Waals surface area contributed by atoms with Crippen LogP contribution in [0.25, 0.3) is 0 Å². The van der Waals surface area contributed by atoms with Crippen molar-refractivity contribution in [2.24, 2.45) is 5.92 Å². The summed E-state index contributed by atoms with van der Waals surface area (Å²) in [6.07, 6.45) is 2.63. The van der Waals surface area contributed by atoms with Crippen LogP contribution in [0.1, 0.15) is 26.7 Å². The summed E-state index contributed by atoms with van der Waals surface area (Å²) in [6, 6.07) is 11.3. The van der Waals surface area contributed by atoms with E-state index in [4.69, 9.17) is 21.1 Å². The van der Waals surface area contributed by atoms with Crippen LogP contribution in [0.5, 0.6) is 5.75 Å². The monoisotopic (exact) mass is 628 g/mol. The first-order chi connectivity index (χ1) is 20.6. The Balaban J connectivity index is 1.34. The second-order valence-corrected chi connectivity index (χ2v) is 13.3. The maximum Gasteiger partial charge on any atom is 0.331 e. The van der Waals surface area contributed by atoms with Gasteiger partial charge in [0.2, 0.25) is 11.9 Å². The summed E-state index contributed by atoms with van der Waals surface area (Å²) in [7, 11) is -2.07. The van der Waals surface area contributed by atoms with Gasteiger partial charge in [0.1, 0.15) is 10.8 Å². The van der Waals surface area contributed by atoms with Gasteiger partial charge in [-0.3, -0.25) is 14.6 Å². The van der Waals surface area contributed by atoms with E-state index in [1.165, 1.54) is 24.3 Å². The zero-order valence-electron chi connectivity index (χ0n) is 24.0. The molecule has 43 heavy (non-hydrogen) atoms. The molecule has 5 rings (SSSR count). The number of rotatable bonds is 9. The lowest BCUT2D eigenvalue weighted by atomic mass is 9.99. The number of sulfone groups is 1. The third-order valence-electron chi connectivity index (χ3n) is 7.40. The van der Waals surface area contributed by atoms with Crippen LogP contribution in [0.15, 0.2) is 53.6 Å². The molecule has 2 saturated heterocycles. The quantitative estimate of drug-likeness (QED) is 0.332. The van der Waals surface area contributed by atoms with Gasteiger partial charge in [0.15, 0.2) is 15.7 Å². The maximum absolute atomic E-state index is 13.2. The van der Waals surface area contributed by atoms with Crippen LogP contribution in [0.2, 0.25) is 5.02 Å². The third-order valence-corrected chi connectivity index (χ3v) is 9.89. The Labute approximate surface area is 255 Å². The molecule has 228 valence electrons. The first-order valence-corrected chi connectivity index (χ1v) is 15.8. The highest BCUT2D eigenvalue weighted by molar-refractivity contribution is 7.92.